The highest BCUT2D eigenvalue weighted by Crippen LogP contribution is 2.16. The molecule has 126 valence electrons. The van der Waals surface area contributed by atoms with Crippen molar-refractivity contribution in [3.8, 4) is 0 Å². The van der Waals surface area contributed by atoms with Gasteiger partial charge in [-0.3, -0.25) is 0 Å². The first-order valence-electron chi connectivity index (χ1n) is 8.21. The van der Waals surface area contributed by atoms with Crippen molar-refractivity contribution >= 4 is 12.4 Å². The second kappa shape index (κ2) is 9.06. The highest BCUT2D eigenvalue weighted by atomic mass is 19.1. The van der Waals surface area contributed by atoms with Gasteiger partial charge < -0.3 is 0 Å². The van der Waals surface area contributed by atoms with Crippen molar-refractivity contribution in [2.24, 2.45) is 10.2 Å². The fourth-order valence-electron chi connectivity index (χ4n) is 2.33. The van der Waals surface area contributed by atoms with Gasteiger partial charge in [0.05, 0.1) is 18.0 Å². The fraction of sp³-hybridized carbons (Fsp3) is 0.300. The maximum Gasteiger partial charge on any atom is 0.135 e. The normalized spacial score (nSPS) is 11.7. The molecule has 0 aliphatic rings. The van der Waals surface area contributed by atoms with Gasteiger partial charge in [-0.1, -0.05) is 49.6 Å². The van der Waals surface area contributed by atoms with Crippen molar-refractivity contribution in [1.82, 2.24) is 0 Å². The van der Waals surface area contributed by atoms with Crippen LogP contribution in [-0.4, -0.2) is 12.4 Å². The summed E-state index contributed by atoms with van der Waals surface area (Å²) in [7, 11) is 0. The minimum absolute atomic E-state index is 0.157. The molecule has 0 saturated carbocycles. The van der Waals surface area contributed by atoms with Gasteiger partial charge in [-0.25, -0.2) is 8.78 Å². The van der Waals surface area contributed by atoms with E-state index in [1.807, 2.05) is 31.2 Å². The van der Waals surface area contributed by atoms with Crippen LogP contribution in [0.2, 0.25) is 0 Å². The van der Waals surface area contributed by atoms with Gasteiger partial charge in [0.15, 0.2) is 0 Å². The number of unbranched alkanes of at least 4 members (excludes halogenated alkanes) is 2. The van der Waals surface area contributed by atoms with Crippen molar-refractivity contribution < 1.29 is 8.78 Å². The summed E-state index contributed by atoms with van der Waals surface area (Å²) in [5, 5.41) is 7.59. The lowest BCUT2D eigenvalue weighted by molar-refractivity contribution is 0.574. The Balaban J connectivity index is 2.04. The summed E-state index contributed by atoms with van der Waals surface area (Å²) in [5.74, 6) is -1.20. The topological polar surface area (TPSA) is 24.7 Å². The van der Waals surface area contributed by atoms with Crippen LogP contribution < -0.4 is 0 Å². The molecule has 0 radical (unpaired) electrons. The first kappa shape index (κ1) is 18.0. The van der Waals surface area contributed by atoms with E-state index in [1.54, 1.807) is 6.21 Å². The first-order chi connectivity index (χ1) is 11.6. The van der Waals surface area contributed by atoms with Gasteiger partial charge in [0.25, 0.3) is 0 Å². The van der Waals surface area contributed by atoms with Crippen molar-refractivity contribution in [1.29, 1.82) is 0 Å². The molecule has 0 heterocycles. The second-order valence-electron chi connectivity index (χ2n) is 5.83. The number of rotatable bonds is 7. The lowest BCUT2D eigenvalue weighted by Crippen LogP contribution is -1.98. The lowest BCUT2D eigenvalue weighted by Gasteiger charge is -2.04. The third-order valence-corrected chi connectivity index (χ3v) is 3.75. The number of halogens is 2. The second-order valence-corrected chi connectivity index (χ2v) is 5.83. The monoisotopic (exact) mass is 328 g/mol. The average molecular weight is 328 g/mol. The zero-order valence-corrected chi connectivity index (χ0v) is 14.1. The molecule has 0 bridgehead atoms. The highest BCUT2D eigenvalue weighted by Gasteiger charge is 2.09. The quantitative estimate of drug-likeness (QED) is 0.366. The Morgan fingerprint density at radius 1 is 0.917 bits per heavy atom. The lowest BCUT2D eigenvalue weighted by atomic mass is 10.0. The van der Waals surface area contributed by atoms with E-state index in [0.717, 1.165) is 36.6 Å². The first-order valence-corrected chi connectivity index (χ1v) is 8.21. The van der Waals surface area contributed by atoms with Crippen LogP contribution in [0.1, 0.15) is 48.4 Å². The summed E-state index contributed by atoms with van der Waals surface area (Å²) in [6.45, 7) is 4.09. The van der Waals surface area contributed by atoms with Crippen LogP contribution in [-0.2, 0) is 6.42 Å². The van der Waals surface area contributed by atoms with Crippen molar-refractivity contribution in [3.63, 3.8) is 0 Å². The molecule has 2 nitrogen and oxygen atoms in total. The Bertz CT molecular complexity index is 696. The summed E-state index contributed by atoms with van der Waals surface area (Å²) < 4.78 is 28.1. The number of nitrogens with zero attached hydrogens (tertiary/aromatic N) is 2. The van der Waals surface area contributed by atoms with Crippen LogP contribution in [0, 0.1) is 18.6 Å². The van der Waals surface area contributed by atoms with Gasteiger partial charge >= 0.3 is 0 Å². The molecule has 0 unspecified atom stereocenters. The molecule has 0 saturated heterocycles. The molecule has 0 atom stereocenters. The van der Waals surface area contributed by atoms with Crippen molar-refractivity contribution in [3.05, 3.63) is 70.3 Å². The molecule has 0 aromatic heterocycles. The Labute approximate surface area is 141 Å². The number of aryl methyl sites for hydroxylation is 2. The highest BCUT2D eigenvalue weighted by molar-refractivity contribution is 5.83. The molecular formula is C20H22F2N2. The predicted molar refractivity (Wildman–Crippen MR) is 96.0 cm³/mol. The Hall–Kier alpha value is -2.36. The van der Waals surface area contributed by atoms with Crippen LogP contribution in [0.15, 0.2) is 46.6 Å². The Kier molecular flexibility index (Phi) is 6.79. The van der Waals surface area contributed by atoms with E-state index >= 15 is 0 Å². The standard InChI is InChI=1S/C20H22F2N2/c1-3-4-5-6-17-11-19(21)18(20(22)12-17)14-24-23-13-16-9-7-15(2)8-10-16/h7-14H,3-6H2,1-2H3/b23-13+,24-14+. The van der Waals surface area contributed by atoms with Crippen LogP contribution >= 0.6 is 0 Å². The maximum absolute atomic E-state index is 14.0. The molecule has 2 aromatic carbocycles. The van der Waals surface area contributed by atoms with Gasteiger partial charge in [0.1, 0.15) is 11.6 Å². The summed E-state index contributed by atoms with van der Waals surface area (Å²) in [6.07, 6.45) is 6.42. The maximum atomic E-state index is 14.0. The molecular weight excluding hydrogens is 306 g/mol. The molecule has 0 amide bonds. The van der Waals surface area contributed by atoms with E-state index in [1.165, 1.54) is 12.1 Å². The summed E-state index contributed by atoms with van der Waals surface area (Å²) in [4.78, 5) is 0. The van der Waals surface area contributed by atoms with Crippen LogP contribution in [0.5, 0.6) is 0 Å². The third kappa shape index (κ3) is 5.37. The third-order valence-electron chi connectivity index (χ3n) is 3.75. The van der Waals surface area contributed by atoms with Crippen molar-refractivity contribution in [2.75, 3.05) is 0 Å². The minimum Gasteiger partial charge on any atom is -0.206 e. The SMILES string of the molecule is CCCCCc1cc(F)c(/C=N/N=C/c2ccc(C)cc2)c(F)c1. The van der Waals surface area contributed by atoms with E-state index in [0.29, 0.717) is 12.0 Å². The Morgan fingerprint density at radius 3 is 2.17 bits per heavy atom. The van der Waals surface area contributed by atoms with Crippen LogP contribution in [0.4, 0.5) is 8.78 Å². The summed E-state index contributed by atoms with van der Waals surface area (Å²) >= 11 is 0. The molecule has 0 spiro atoms. The molecule has 24 heavy (non-hydrogen) atoms. The minimum atomic E-state index is -0.601. The van der Waals surface area contributed by atoms with E-state index in [4.69, 9.17) is 0 Å². The molecule has 4 heteroatoms. The van der Waals surface area contributed by atoms with Crippen LogP contribution in [0.25, 0.3) is 0 Å². The Morgan fingerprint density at radius 2 is 1.54 bits per heavy atom. The van der Waals surface area contributed by atoms with E-state index in [2.05, 4.69) is 17.1 Å². The van der Waals surface area contributed by atoms with E-state index in [9.17, 15) is 8.78 Å². The van der Waals surface area contributed by atoms with Gasteiger partial charge in [-0.05, 0) is 43.0 Å². The molecule has 0 fully saturated rings. The summed E-state index contributed by atoms with van der Waals surface area (Å²) in [6, 6.07) is 10.5. The molecule has 2 aromatic rings. The number of benzene rings is 2. The largest absolute Gasteiger partial charge is 0.206 e. The zero-order valence-electron chi connectivity index (χ0n) is 14.1. The number of hydrogen-bond acceptors (Lipinski definition) is 2. The fourth-order valence-corrected chi connectivity index (χ4v) is 2.33. The zero-order chi connectivity index (χ0) is 17.4. The molecule has 0 aliphatic heterocycles. The van der Waals surface area contributed by atoms with Gasteiger partial charge in [-0.2, -0.15) is 10.2 Å². The van der Waals surface area contributed by atoms with Gasteiger partial charge in [0, 0.05) is 0 Å². The summed E-state index contributed by atoms with van der Waals surface area (Å²) in [5.41, 5.74) is 2.55. The van der Waals surface area contributed by atoms with Gasteiger partial charge in [0.2, 0.25) is 0 Å². The molecule has 2 rings (SSSR count). The van der Waals surface area contributed by atoms with Crippen molar-refractivity contribution in [2.45, 2.75) is 39.5 Å². The smallest absolute Gasteiger partial charge is 0.135 e. The van der Waals surface area contributed by atoms with E-state index in [-0.39, 0.29) is 5.56 Å². The number of hydrogen-bond donors (Lipinski definition) is 0. The van der Waals surface area contributed by atoms with E-state index < -0.39 is 11.6 Å². The van der Waals surface area contributed by atoms with Crippen LogP contribution in [0.3, 0.4) is 0 Å². The molecule has 0 aliphatic carbocycles. The predicted octanol–water partition coefficient (Wildman–Crippen LogP) is 5.46. The molecule has 0 N–H and O–H groups in total. The van der Waals surface area contributed by atoms with Gasteiger partial charge in [-0.15, -0.1) is 0 Å². The average Bonchev–Trinajstić information content (AvgIpc) is 2.55.